The van der Waals surface area contributed by atoms with Gasteiger partial charge in [-0.2, -0.15) is 0 Å². The van der Waals surface area contributed by atoms with Gasteiger partial charge in [-0.05, 0) is 23.8 Å². The van der Waals surface area contributed by atoms with E-state index in [0.717, 1.165) is 6.42 Å². The molecule has 15 heavy (non-hydrogen) atoms. The van der Waals surface area contributed by atoms with Crippen molar-refractivity contribution in [1.82, 2.24) is 4.90 Å². The van der Waals surface area contributed by atoms with E-state index in [1.165, 1.54) is 17.7 Å². The molecule has 0 spiro atoms. The molecule has 0 amide bonds. The van der Waals surface area contributed by atoms with Gasteiger partial charge in [0.25, 0.3) is 0 Å². The van der Waals surface area contributed by atoms with Crippen molar-refractivity contribution in [1.29, 1.82) is 0 Å². The Bertz CT molecular complexity index is 415. The molecule has 2 aliphatic heterocycles. The molecule has 1 atom stereocenters. The number of thioether (sulfide) groups is 1. The summed E-state index contributed by atoms with van der Waals surface area (Å²) in [6.45, 7) is 0. The quantitative estimate of drug-likeness (QED) is 0.618. The van der Waals surface area contributed by atoms with Crippen LogP contribution in [0, 0.1) is 0 Å². The third-order valence-corrected chi connectivity index (χ3v) is 3.51. The molecule has 0 fully saturated rings. The molecule has 3 rings (SSSR count). The zero-order valence-corrected chi connectivity index (χ0v) is 9.15. The van der Waals surface area contributed by atoms with Gasteiger partial charge in [-0.15, -0.1) is 11.8 Å². The van der Waals surface area contributed by atoms with Crippen LogP contribution in [0.2, 0.25) is 0 Å². The van der Waals surface area contributed by atoms with E-state index < -0.39 is 0 Å². The Balaban J connectivity index is 2.02. The molecule has 0 saturated heterocycles. The van der Waals surface area contributed by atoms with Crippen LogP contribution in [0.5, 0.6) is 0 Å². The number of hydrogen-bond donors (Lipinski definition) is 0. The summed E-state index contributed by atoms with van der Waals surface area (Å²) in [6.07, 6.45) is 12.9. The van der Waals surface area contributed by atoms with Crippen molar-refractivity contribution in [3.8, 4) is 0 Å². The van der Waals surface area contributed by atoms with Crippen LogP contribution in [0.1, 0.15) is 12.8 Å². The molecular weight excluding hydrogens is 204 g/mol. The molecule has 76 valence electrons. The zero-order valence-electron chi connectivity index (χ0n) is 8.34. The highest BCUT2D eigenvalue weighted by Crippen LogP contribution is 2.31. The van der Waals surface area contributed by atoms with Crippen LogP contribution in [0.3, 0.4) is 0 Å². The minimum atomic E-state index is 0.473. The van der Waals surface area contributed by atoms with E-state index in [1.807, 2.05) is 12.4 Å². The second-order valence-corrected chi connectivity index (χ2v) is 4.55. The Kier molecular flexibility index (Phi) is 2.25. The molecule has 0 aromatic carbocycles. The fourth-order valence-electron chi connectivity index (χ4n) is 2.12. The van der Waals surface area contributed by atoms with Gasteiger partial charge in [-0.3, -0.25) is 4.99 Å². The molecule has 0 radical (unpaired) electrons. The van der Waals surface area contributed by atoms with Gasteiger partial charge in [0.15, 0.2) is 0 Å². The monoisotopic (exact) mass is 216 g/mol. The first-order valence-corrected chi connectivity index (χ1v) is 6.10. The SMILES string of the molecule is C1=CC2=CN=CC3=CSC=CN3C2CC1. The highest BCUT2D eigenvalue weighted by molar-refractivity contribution is 8.05. The van der Waals surface area contributed by atoms with Crippen LogP contribution < -0.4 is 0 Å². The van der Waals surface area contributed by atoms with Crippen LogP contribution in [-0.2, 0) is 0 Å². The molecule has 0 aromatic heterocycles. The highest BCUT2D eigenvalue weighted by atomic mass is 32.2. The van der Waals surface area contributed by atoms with Crippen LogP contribution in [0.15, 0.2) is 51.6 Å². The first-order valence-electron chi connectivity index (χ1n) is 5.15. The lowest BCUT2D eigenvalue weighted by Crippen LogP contribution is -2.32. The molecule has 3 aliphatic rings. The predicted octanol–water partition coefficient (Wildman–Crippen LogP) is 3.03. The first-order chi connectivity index (χ1) is 7.45. The second kappa shape index (κ2) is 3.74. The fraction of sp³-hybridized carbons (Fsp3) is 0.250. The van der Waals surface area contributed by atoms with E-state index in [2.05, 4.69) is 39.1 Å². The van der Waals surface area contributed by atoms with Crippen molar-refractivity contribution in [2.45, 2.75) is 18.9 Å². The first kappa shape index (κ1) is 9.04. The maximum absolute atomic E-state index is 4.34. The Labute approximate surface area is 93.8 Å². The summed E-state index contributed by atoms with van der Waals surface area (Å²) in [6, 6.07) is 0.473. The largest absolute Gasteiger partial charge is 0.338 e. The normalized spacial score (nSPS) is 27.7. The molecule has 3 heteroatoms. The number of aliphatic imine (C=N–C) groups is 1. The lowest BCUT2D eigenvalue weighted by Gasteiger charge is -2.33. The third kappa shape index (κ3) is 1.57. The van der Waals surface area contributed by atoms with Gasteiger partial charge < -0.3 is 4.90 Å². The number of fused-ring (bicyclic) bond motifs is 3. The third-order valence-electron chi connectivity index (χ3n) is 2.85. The molecular formula is C12H12N2S. The smallest absolute Gasteiger partial charge is 0.0665 e. The summed E-state index contributed by atoms with van der Waals surface area (Å²) in [5, 5.41) is 4.28. The van der Waals surface area contributed by atoms with Crippen LogP contribution >= 0.6 is 11.8 Å². The Morgan fingerprint density at radius 3 is 3.47 bits per heavy atom. The maximum atomic E-state index is 4.34. The van der Waals surface area contributed by atoms with Crippen molar-refractivity contribution in [2.24, 2.45) is 4.99 Å². The topological polar surface area (TPSA) is 15.6 Å². The fourth-order valence-corrected chi connectivity index (χ4v) is 2.72. The number of allylic oxidation sites excluding steroid dienone is 2. The summed E-state index contributed by atoms with van der Waals surface area (Å²) in [5.41, 5.74) is 2.52. The molecule has 1 aliphatic carbocycles. The predicted molar refractivity (Wildman–Crippen MR) is 65.4 cm³/mol. The Morgan fingerprint density at radius 2 is 2.47 bits per heavy atom. The molecule has 1 unspecified atom stereocenters. The molecule has 0 bridgehead atoms. The maximum Gasteiger partial charge on any atom is 0.0665 e. The molecule has 2 heterocycles. The summed E-state index contributed by atoms with van der Waals surface area (Å²) in [5.74, 6) is 0. The van der Waals surface area contributed by atoms with Crippen LogP contribution in [0.4, 0.5) is 0 Å². The van der Waals surface area contributed by atoms with Gasteiger partial charge in [0, 0.05) is 17.8 Å². The average Bonchev–Trinajstić information content (AvgIpc) is 2.48. The van der Waals surface area contributed by atoms with E-state index in [1.54, 1.807) is 11.8 Å². The number of rotatable bonds is 0. The average molecular weight is 216 g/mol. The lowest BCUT2D eigenvalue weighted by molar-refractivity contribution is 0.378. The Hall–Kier alpha value is -1.22. The van der Waals surface area contributed by atoms with E-state index in [4.69, 9.17) is 0 Å². The summed E-state index contributed by atoms with van der Waals surface area (Å²) in [7, 11) is 0. The van der Waals surface area contributed by atoms with Crippen molar-refractivity contribution in [2.75, 3.05) is 0 Å². The van der Waals surface area contributed by atoms with Gasteiger partial charge in [-0.1, -0.05) is 12.2 Å². The second-order valence-electron chi connectivity index (χ2n) is 3.77. The summed E-state index contributed by atoms with van der Waals surface area (Å²) < 4.78 is 0. The molecule has 0 aromatic rings. The minimum absolute atomic E-state index is 0.473. The Morgan fingerprint density at radius 1 is 1.47 bits per heavy atom. The van der Waals surface area contributed by atoms with E-state index in [9.17, 15) is 0 Å². The number of nitrogens with zero attached hydrogens (tertiary/aromatic N) is 2. The zero-order chi connectivity index (χ0) is 10.1. The van der Waals surface area contributed by atoms with Crippen LogP contribution in [0.25, 0.3) is 0 Å². The molecule has 2 nitrogen and oxygen atoms in total. The van der Waals surface area contributed by atoms with Crippen molar-refractivity contribution < 1.29 is 0 Å². The molecule has 0 saturated carbocycles. The highest BCUT2D eigenvalue weighted by Gasteiger charge is 2.25. The van der Waals surface area contributed by atoms with Crippen molar-refractivity contribution in [3.63, 3.8) is 0 Å². The van der Waals surface area contributed by atoms with Crippen LogP contribution in [-0.4, -0.2) is 17.2 Å². The lowest BCUT2D eigenvalue weighted by atomic mass is 9.95. The van der Waals surface area contributed by atoms with Gasteiger partial charge in [-0.25, -0.2) is 0 Å². The van der Waals surface area contributed by atoms with Gasteiger partial charge in [0.05, 0.1) is 18.0 Å². The van der Waals surface area contributed by atoms with Crippen molar-refractivity contribution >= 4 is 18.0 Å². The van der Waals surface area contributed by atoms with Crippen molar-refractivity contribution in [3.05, 3.63) is 46.6 Å². The van der Waals surface area contributed by atoms with Gasteiger partial charge >= 0.3 is 0 Å². The summed E-state index contributed by atoms with van der Waals surface area (Å²) >= 11 is 1.71. The van der Waals surface area contributed by atoms with E-state index in [0.29, 0.717) is 6.04 Å². The molecule has 0 N–H and O–H groups in total. The van der Waals surface area contributed by atoms with Gasteiger partial charge in [0.2, 0.25) is 0 Å². The number of hydrogen-bond acceptors (Lipinski definition) is 3. The summed E-state index contributed by atoms with van der Waals surface area (Å²) in [4.78, 5) is 6.67. The van der Waals surface area contributed by atoms with Gasteiger partial charge in [0.1, 0.15) is 0 Å². The minimum Gasteiger partial charge on any atom is -0.338 e. The van der Waals surface area contributed by atoms with E-state index >= 15 is 0 Å². The standard InChI is InChI=1S/C12H12N2S/c1-2-4-12-10(3-1)7-13-8-11-9-15-6-5-14(11)12/h1,3,5-9,12H,2,4H2. The van der Waals surface area contributed by atoms with E-state index in [-0.39, 0.29) is 0 Å².